The van der Waals surface area contributed by atoms with Gasteiger partial charge in [-0.3, -0.25) is 0 Å². The van der Waals surface area contributed by atoms with Gasteiger partial charge in [0.05, 0.1) is 79.0 Å². The van der Waals surface area contributed by atoms with Crippen LogP contribution in [0, 0.1) is 11.3 Å². The molecule has 8 aromatic carbocycles. The highest BCUT2D eigenvalue weighted by atomic mass is 19.4. The number of benzene rings is 8. The van der Waals surface area contributed by atoms with Crippen molar-refractivity contribution >= 4 is 43.6 Å². The van der Waals surface area contributed by atoms with Crippen LogP contribution in [0.25, 0.3) is 111 Å². The summed E-state index contributed by atoms with van der Waals surface area (Å²) in [7, 11) is 0. The van der Waals surface area contributed by atoms with E-state index in [0.29, 0.717) is 56.8 Å². The SMILES string of the molecule is N#Cc1cc(-n2c3ccccc3c3ccc(-c4cccc(-c5ccccc5)n4)cc32)c(-n2c3ccccc3c3ccc(-c4cccc(-c5ccccc5)n4)cc32)cc1-c1c(C(F)(F)F)cccc1C(F)(F)F. The summed E-state index contributed by atoms with van der Waals surface area (Å²) in [6.07, 6.45) is -10.4. The summed E-state index contributed by atoms with van der Waals surface area (Å²) >= 11 is 0. The van der Waals surface area contributed by atoms with Gasteiger partial charge in [-0.05, 0) is 72.8 Å². The molecular weight excluding hydrogens is 917 g/mol. The van der Waals surface area contributed by atoms with E-state index in [-0.39, 0.29) is 5.69 Å². The second-order valence-corrected chi connectivity index (χ2v) is 17.4. The molecular formula is C61H35F6N5. The number of fused-ring (bicyclic) bond motifs is 6. The lowest BCUT2D eigenvalue weighted by atomic mass is 9.89. The number of aromatic nitrogens is 4. The maximum absolute atomic E-state index is 15.2. The van der Waals surface area contributed by atoms with Crippen LogP contribution < -0.4 is 0 Å². The fourth-order valence-corrected chi connectivity index (χ4v) is 10.1. The second kappa shape index (κ2) is 17.0. The Morgan fingerprint density at radius 3 is 1.19 bits per heavy atom. The molecule has 12 rings (SSSR count). The van der Waals surface area contributed by atoms with E-state index in [1.165, 1.54) is 12.1 Å². The number of hydrogen-bond donors (Lipinski definition) is 0. The van der Waals surface area contributed by atoms with Crippen molar-refractivity contribution in [3.05, 3.63) is 229 Å². The summed E-state index contributed by atoms with van der Waals surface area (Å²) in [6.45, 7) is 0. The third-order valence-electron chi connectivity index (χ3n) is 13.2. The predicted octanol–water partition coefficient (Wildman–Crippen LogP) is 16.9. The summed E-state index contributed by atoms with van der Waals surface area (Å²) < 4.78 is 94.7. The number of hydrogen-bond acceptors (Lipinski definition) is 3. The van der Waals surface area contributed by atoms with Gasteiger partial charge >= 0.3 is 12.4 Å². The van der Waals surface area contributed by atoms with E-state index in [0.717, 1.165) is 55.7 Å². The van der Waals surface area contributed by atoms with E-state index in [9.17, 15) is 5.26 Å². The molecule has 0 amide bonds. The van der Waals surface area contributed by atoms with Gasteiger partial charge in [0.15, 0.2) is 0 Å². The number of halogens is 6. The van der Waals surface area contributed by atoms with Crippen LogP contribution in [0.1, 0.15) is 16.7 Å². The van der Waals surface area contributed by atoms with Crippen LogP contribution >= 0.6 is 0 Å². The van der Waals surface area contributed by atoms with Crippen LogP contribution in [0.4, 0.5) is 26.3 Å². The molecule has 0 spiro atoms. The largest absolute Gasteiger partial charge is 0.417 e. The average molecular weight is 952 g/mol. The Bertz CT molecular complexity index is 4110. The Kier molecular flexibility index (Phi) is 10.4. The summed E-state index contributed by atoms with van der Waals surface area (Å²) in [6, 6.07) is 64.6. The number of para-hydroxylation sites is 2. The molecule has 346 valence electrons. The molecule has 0 aliphatic carbocycles. The Balaban J connectivity index is 1.20. The molecule has 0 bridgehead atoms. The van der Waals surface area contributed by atoms with E-state index in [1.54, 1.807) is 0 Å². The standard InChI is InChI=1S/C61H35F6N5/c62-60(63,64)47-20-11-21-48(61(65,66)67)59(47)46-35-58(72-54-27-10-8-19-43(54)45-31-29-40(33-56(45)72)52-25-13-23-50(70-52)38-16-5-2-6-17-38)57(34-41(46)36-68)71-53-26-9-7-18-42(53)44-30-28-39(32-55(44)71)51-24-12-22-49(69-51)37-14-3-1-4-15-37/h1-35H. The first-order valence-corrected chi connectivity index (χ1v) is 22.9. The number of rotatable bonds is 7. The summed E-state index contributed by atoms with van der Waals surface area (Å²) in [5.41, 5.74) is 4.15. The third kappa shape index (κ3) is 7.43. The van der Waals surface area contributed by atoms with Crippen molar-refractivity contribution in [2.75, 3.05) is 0 Å². The number of nitrogens with zero attached hydrogens (tertiary/aromatic N) is 5. The highest BCUT2D eigenvalue weighted by Gasteiger charge is 2.42. The van der Waals surface area contributed by atoms with Crippen molar-refractivity contribution in [1.29, 1.82) is 5.26 Å². The highest BCUT2D eigenvalue weighted by Crippen LogP contribution is 2.48. The Morgan fingerprint density at radius 2 is 0.750 bits per heavy atom. The van der Waals surface area contributed by atoms with Gasteiger partial charge in [-0.2, -0.15) is 31.6 Å². The lowest BCUT2D eigenvalue weighted by Crippen LogP contribution is -2.15. The van der Waals surface area contributed by atoms with E-state index in [4.69, 9.17) is 9.97 Å². The molecule has 12 aromatic rings. The molecule has 5 nitrogen and oxygen atoms in total. The van der Waals surface area contributed by atoms with Gasteiger partial charge in [0.1, 0.15) is 0 Å². The topological polar surface area (TPSA) is 59.4 Å². The van der Waals surface area contributed by atoms with E-state index in [1.807, 2.05) is 197 Å². The first kappa shape index (κ1) is 44.0. The monoisotopic (exact) mass is 951 g/mol. The van der Waals surface area contributed by atoms with E-state index in [2.05, 4.69) is 0 Å². The minimum atomic E-state index is -5.22. The Labute approximate surface area is 407 Å². The smallest absolute Gasteiger partial charge is 0.307 e. The van der Waals surface area contributed by atoms with Gasteiger partial charge in [-0.1, -0.05) is 140 Å². The zero-order valence-electron chi connectivity index (χ0n) is 37.7. The van der Waals surface area contributed by atoms with Crippen LogP contribution in [0.15, 0.2) is 212 Å². The molecule has 0 N–H and O–H groups in total. The zero-order chi connectivity index (χ0) is 49.3. The lowest BCUT2D eigenvalue weighted by molar-refractivity contribution is -0.142. The van der Waals surface area contributed by atoms with Crippen molar-refractivity contribution in [2.24, 2.45) is 0 Å². The van der Waals surface area contributed by atoms with Crippen LogP contribution in [0.2, 0.25) is 0 Å². The normalized spacial score (nSPS) is 12.0. The van der Waals surface area contributed by atoms with Crippen molar-refractivity contribution in [3.8, 4) is 73.6 Å². The Hall–Kier alpha value is -9.27. The molecule has 4 aromatic heterocycles. The zero-order valence-corrected chi connectivity index (χ0v) is 37.7. The first-order chi connectivity index (χ1) is 34.9. The molecule has 0 radical (unpaired) electrons. The predicted molar refractivity (Wildman–Crippen MR) is 273 cm³/mol. The molecule has 0 fully saturated rings. The number of nitriles is 1. The quantitative estimate of drug-likeness (QED) is 0.150. The van der Waals surface area contributed by atoms with Gasteiger partial charge in [-0.25, -0.2) is 9.97 Å². The van der Waals surface area contributed by atoms with Gasteiger partial charge < -0.3 is 9.13 Å². The maximum atomic E-state index is 15.2. The number of pyridine rings is 2. The molecule has 72 heavy (non-hydrogen) atoms. The molecule has 4 heterocycles. The van der Waals surface area contributed by atoms with Gasteiger partial charge in [-0.15, -0.1) is 0 Å². The minimum absolute atomic E-state index is 0.223. The fraction of sp³-hybridized carbons (Fsp3) is 0.0328. The van der Waals surface area contributed by atoms with Crippen LogP contribution in [-0.2, 0) is 12.4 Å². The van der Waals surface area contributed by atoms with Crippen LogP contribution in [0.3, 0.4) is 0 Å². The van der Waals surface area contributed by atoms with Crippen molar-refractivity contribution in [3.63, 3.8) is 0 Å². The second-order valence-electron chi connectivity index (χ2n) is 17.4. The Morgan fingerprint density at radius 1 is 0.361 bits per heavy atom. The van der Waals surface area contributed by atoms with E-state index >= 15 is 26.3 Å². The molecule has 0 aliphatic rings. The molecule has 0 aliphatic heterocycles. The summed E-state index contributed by atoms with van der Waals surface area (Å²) in [5.74, 6) is 0. The molecule has 0 saturated carbocycles. The van der Waals surface area contributed by atoms with Crippen LogP contribution in [-0.4, -0.2) is 19.1 Å². The van der Waals surface area contributed by atoms with Crippen molar-refractivity contribution in [2.45, 2.75) is 12.4 Å². The van der Waals surface area contributed by atoms with Gasteiger partial charge in [0, 0.05) is 54.9 Å². The van der Waals surface area contributed by atoms with Crippen molar-refractivity contribution < 1.29 is 26.3 Å². The first-order valence-electron chi connectivity index (χ1n) is 22.9. The summed E-state index contributed by atoms with van der Waals surface area (Å²) in [5, 5.41) is 14.2. The number of alkyl halides is 6. The molecule has 0 saturated heterocycles. The van der Waals surface area contributed by atoms with Gasteiger partial charge in [0.25, 0.3) is 0 Å². The van der Waals surface area contributed by atoms with E-state index < -0.39 is 40.2 Å². The summed E-state index contributed by atoms with van der Waals surface area (Å²) in [4.78, 5) is 10.1. The fourth-order valence-electron chi connectivity index (χ4n) is 10.1. The third-order valence-corrected chi connectivity index (χ3v) is 13.2. The van der Waals surface area contributed by atoms with Gasteiger partial charge in [0.2, 0.25) is 0 Å². The average Bonchev–Trinajstić information content (AvgIpc) is 3.92. The molecule has 11 heteroatoms. The van der Waals surface area contributed by atoms with Crippen molar-refractivity contribution in [1.82, 2.24) is 19.1 Å². The maximum Gasteiger partial charge on any atom is 0.417 e. The molecule has 0 atom stereocenters. The highest BCUT2D eigenvalue weighted by molar-refractivity contribution is 6.13. The molecule has 0 unspecified atom stereocenters. The van der Waals surface area contributed by atoms with Crippen LogP contribution in [0.5, 0.6) is 0 Å². The minimum Gasteiger partial charge on any atom is -0.307 e. The lowest BCUT2D eigenvalue weighted by Gasteiger charge is -2.23.